The Morgan fingerprint density at radius 3 is 2.43 bits per heavy atom. The molecule has 0 aromatic heterocycles. The van der Waals surface area contributed by atoms with Gasteiger partial charge in [-0.15, -0.1) is 0 Å². The molecule has 2 aliphatic heterocycles. The van der Waals surface area contributed by atoms with Crippen molar-refractivity contribution in [3.8, 4) is 0 Å². The molecule has 0 N–H and O–H groups in total. The summed E-state index contributed by atoms with van der Waals surface area (Å²) in [5.74, 6) is -0.341. The van der Waals surface area contributed by atoms with Crippen LogP contribution in [0.15, 0.2) is 36.4 Å². The fraction of sp³-hybridized carbons (Fsp3) is 0.353. The molecule has 0 radical (unpaired) electrons. The Balaban J connectivity index is 1.54. The summed E-state index contributed by atoms with van der Waals surface area (Å²) in [7, 11) is 0. The van der Waals surface area contributed by atoms with Gasteiger partial charge in [-0.25, -0.2) is 9.69 Å². The molecule has 0 saturated carbocycles. The molecule has 120 valence electrons. The Morgan fingerprint density at radius 1 is 1.13 bits per heavy atom. The van der Waals surface area contributed by atoms with E-state index in [0.717, 1.165) is 5.56 Å². The third-order valence-corrected chi connectivity index (χ3v) is 4.14. The highest BCUT2D eigenvalue weighted by Gasteiger charge is 2.38. The Morgan fingerprint density at radius 2 is 1.83 bits per heavy atom. The Hall–Kier alpha value is -2.63. The fourth-order valence-electron chi connectivity index (χ4n) is 2.90. The van der Waals surface area contributed by atoms with Gasteiger partial charge in [0.2, 0.25) is 5.91 Å². The van der Waals surface area contributed by atoms with E-state index in [9.17, 15) is 14.4 Å². The molecule has 6 nitrogen and oxygen atoms in total. The van der Waals surface area contributed by atoms with E-state index in [1.807, 2.05) is 30.3 Å². The number of ether oxygens (including phenoxy) is 1. The van der Waals surface area contributed by atoms with Crippen LogP contribution in [-0.4, -0.2) is 53.4 Å². The zero-order valence-corrected chi connectivity index (χ0v) is 12.7. The third kappa shape index (κ3) is 3.41. The summed E-state index contributed by atoms with van der Waals surface area (Å²) in [6, 6.07) is 9.46. The second-order valence-corrected chi connectivity index (χ2v) is 5.62. The molecule has 0 bridgehead atoms. The molecule has 1 aromatic rings. The number of rotatable bonds is 3. The van der Waals surface area contributed by atoms with Crippen molar-refractivity contribution < 1.29 is 19.1 Å². The maximum Gasteiger partial charge on any atom is 0.417 e. The van der Waals surface area contributed by atoms with Crippen molar-refractivity contribution in [1.82, 2.24) is 9.80 Å². The average molecular weight is 314 g/mol. The highest BCUT2D eigenvalue weighted by atomic mass is 16.6. The van der Waals surface area contributed by atoms with Crippen molar-refractivity contribution in [2.75, 3.05) is 19.7 Å². The molecule has 2 aliphatic rings. The lowest BCUT2D eigenvalue weighted by atomic mass is 10.0. The van der Waals surface area contributed by atoms with Gasteiger partial charge < -0.3 is 9.64 Å². The van der Waals surface area contributed by atoms with E-state index >= 15 is 0 Å². The lowest BCUT2D eigenvalue weighted by Crippen LogP contribution is -2.48. The topological polar surface area (TPSA) is 66.9 Å². The van der Waals surface area contributed by atoms with Gasteiger partial charge in [0.1, 0.15) is 0 Å². The van der Waals surface area contributed by atoms with Crippen LogP contribution in [0.1, 0.15) is 18.4 Å². The van der Waals surface area contributed by atoms with Crippen LogP contribution in [0.2, 0.25) is 0 Å². The summed E-state index contributed by atoms with van der Waals surface area (Å²) in [5, 5.41) is 0. The average Bonchev–Trinajstić information content (AvgIpc) is 2.92. The van der Waals surface area contributed by atoms with Gasteiger partial charge in [-0.3, -0.25) is 9.59 Å². The number of carbonyl (C=O) groups excluding carboxylic acids is 3. The van der Waals surface area contributed by atoms with Crippen LogP contribution in [0.25, 0.3) is 6.08 Å². The van der Waals surface area contributed by atoms with Crippen molar-refractivity contribution in [2.45, 2.75) is 18.9 Å². The van der Waals surface area contributed by atoms with Crippen LogP contribution in [0, 0.1) is 0 Å². The molecule has 0 aliphatic carbocycles. The Labute approximate surface area is 134 Å². The van der Waals surface area contributed by atoms with Crippen LogP contribution in [0.4, 0.5) is 4.79 Å². The third-order valence-electron chi connectivity index (χ3n) is 4.14. The van der Waals surface area contributed by atoms with Crippen molar-refractivity contribution in [2.24, 2.45) is 0 Å². The van der Waals surface area contributed by atoms with Crippen molar-refractivity contribution >= 4 is 24.0 Å². The monoisotopic (exact) mass is 314 g/mol. The highest BCUT2D eigenvalue weighted by Crippen LogP contribution is 2.21. The summed E-state index contributed by atoms with van der Waals surface area (Å²) in [6.07, 6.45) is 3.96. The number of nitrogens with zero attached hydrogens (tertiary/aromatic N) is 2. The molecule has 1 aromatic carbocycles. The van der Waals surface area contributed by atoms with Gasteiger partial charge in [-0.05, 0) is 24.5 Å². The predicted molar refractivity (Wildman–Crippen MR) is 83.3 cm³/mol. The van der Waals surface area contributed by atoms with Gasteiger partial charge >= 0.3 is 6.09 Å². The van der Waals surface area contributed by atoms with Crippen LogP contribution < -0.4 is 0 Å². The molecule has 2 heterocycles. The van der Waals surface area contributed by atoms with Crippen LogP contribution in [0.3, 0.4) is 0 Å². The summed E-state index contributed by atoms with van der Waals surface area (Å²) in [6.45, 7) is 0.886. The normalized spacial score (nSPS) is 19.5. The van der Waals surface area contributed by atoms with E-state index in [0.29, 0.717) is 25.9 Å². The SMILES string of the molecule is O=C(C=Cc1ccccc1)N1CCC(N2C(=O)COC2=O)CC1. The van der Waals surface area contributed by atoms with Gasteiger partial charge in [0, 0.05) is 25.2 Å². The van der Waals surface area contributed by atoms with Crippen LogP contribution in [-0.2, 0) is 14.3 Å². The molecule has 0 spiro atoms. The van der Waals surface area contributed by atoms with Gasteiger partial charge in [0.15, 0.2) is 6.61 Å². The summed E-state index contributed by atoms with van der Waals surface area (Å²) >= 11 is 0. The van der Waals surface area contributed by atoms with Gasteiger partial charge in [0.25, 0.3) is 5.91 Å². The molecular weight excluding hydrogens is 296 g/mol. The van der Waals surface area contributed by atoms with E-state index in [1.165, 1.54) is 4.90 Å². The first-order valence-corrected chi connectivity index (χ1v) is 7.66. The number of hydrogen-bond donors (Lipinski definition) is 0. The van der Waals surface area contributed by atoms with E-state index in [1.54, 1.807) is 17.1 Å². The zero-order valence-electron chi connectivity index (χ0n) is 12.7. The smallest absolute Gasteiger partial charge is 0.417 e. The van der Waals surface area contributed by atoms with Gasteiger partial charge in [0.05, 0.1) is 0 Å². The molecule has 6 heteroatoms. The molecule has 0 atom stereocenters. The van der Waals surface area contributed by atoms with Crippen LogP contribution in [0.5, 0.6) is 0 Å². The quantitative estimate of drug-likeness (QED) is 0.796. The van der Waals surface area contributed by atoms with E-state index in [2.05, 4.69) is 0 Å². The molecule has 2 fully saturated rings. The summed E-state index contributed by atoms with van der Waals surface area (Å²) < 4.78 is 4.74. The number of amides is 3. The maximum atomic E-state index is 12.2. The highest BCUT2D eigenvalue weighted by molar-refractivity contribution is 5.98. The first-order chi connectivity index (χ1) is 11.1. The number of piperidine rings is 1. The van der Waals surface area contributed by atoms with Gasteiger partial charge in [-0.2, -0.15) is 0 Å². The number of likely N-dealkylation sites (tertiary alicyclic amines) is 1. The van der Waals surface area contributed by atoms with Crippen molar-refractivity contribution in [1.29, 1.82) is 0 Å². The largest absolute Gasteiger partial charge is 0.439 e. The number of imide groups is 1. The first kappa shape index (κ1) is 15.3. The molecule has 3 rings (SSSR count). The Kier molecular flexibility index (Phi) is 4.41. The fourth-order valence-corrected chi connectivity index (χ4v) is 2.90. The minimum absolute atomic E-state index is 0.0531. The Bertz CT molecular complexity index is 617. The molecule has 2 saturated heterocycles. The van der Waals surface area contributed by atoms with E-state index < -0.39 is 6.09 Å². The van der Waals surface area contributed by atoms with E-state index in [-0.39, 0.29) is 24.5 Å². The lowest BCUT2D eigenvalue weighted by molar-refractivity contribution is -0.129. The maximum absolute atomic E-state index is 12.2. The minimum Gasteiger partial charge on any atom is -0.439 e. The molecule has 0 unspecified atom stereocenters. The number of benzene rings is 1. The molecule has 3 amide bonds. The summed E-state index contributed by atoms with van der Waals surface area (Å²) in [5.41, 5.74) is 0.973. The summed E-state index contributed by atoms with van der Waals surface area (Å²) in [4.78, 5) is 38.3. The van der Waals surface area contributed by atoms with Crippen molar-refractivity contribution in [3.63, 3.8) is 0 Å². The zero-order chi connectivity index (χ0) is 16.2. The van der Waals surface area contributed by atoms with E-state index in [4.69, 9.17) is 4.74 Å². The second kappa shape index (κ2) is 6.64. The number of cyclic esters (lactones) is 1. The second-order valence-electron chi connectivity index (χ2n) is 5.62. The molecule has 23 heavy (non-hydrogen) atoms. The minimum atomic E-state index is -0.566. The van der Waals surface area contributed by atoms with Gasteiger partial charge in [-0.1, -0.05) is 30.3 Å². The molecular formula is C17H18N2O4. The lowest BCUT2D eigenvalue weighted by Gasteiger charge is -2.34. The number of hydrogen-bond acceptors (Lipinski definition) is 4. The standard InChI is InChI=1S/C17H18N2O4/c20-15(7-6-13-4-2-1-3-5-13)18-10-8-14(9-11-18)19-16(21)12-23-17(19)22/h1-7,14H,8-12H2. The van der Waals surface area contributed by atoms with Crippen molar-refractivity contribution in [3.05, 3.63) is 42.0 Å². The predicted octanol–water partition coefficient (Wildman–Crippen LogP) is 1.67. The van der Waals surface area contributed by atoms with Crippen LogP contribution >= 0.6 is 0 Å². The number of carbonyl (C=O) groups is 3. The first-order valence-electron chi connectivity index (χ1n) is 7.66.